The van der Waals surface area contributed by atoms with E-state index in [9.17, 15) is 4.79 Å². The summed E-state index contributed by atoms with van der Waals surface area (Å²) in [6, 6.07) is 6.24. The van der Waals surface area contributed by atoms with Crippen LogP contribution in [0, 0.1) is 12.8 Å². The third-order valence-corrected chi connectivity index (χ3v) is 6.51. The highest BCUT2D eigenvalue weighted by molar-refractivity contribution is 7.22. The number of carbonyl (C=O) groups excluding carboxylic acids is 1. The van der Waals surface area contributed by atoms with Gasteiger partial charge < -0.3 is 4.74 Å². The van der Waals surface area contributed by atoms with Gasteiger partial charge in [0.25, 0.3) is 0 Å². The van der Waals surface area contributed by atoms with Crippen LogP contribution in [-0.4, -0.2) is 30.1 Å². The highest BCUT2D eigenvalue weighted by Crippen LogP contribution is 2.34. The van der Waals surface area contributed by atoms with Gasteiger partial charge in [0.15, 0.2) is 5.13 Å². The lowest BCUT2D eigenvalue weighted by Gasteiger charge is -2.29. The lowest BCUT2D eigenvalue weighted by atomic mass is 9.88. The van der Waals surface area contributed by atoms with Crippen LogP contribution < -0.4 is 4.90 Å². The zero-order valence-electron chi connectivity index (χ0n) is 14.9. The molecule has 4 rings (SSSR count). The van der Waals surface area contributed by atoms with Gasteiger partial charge in [-0.15, -0.1) is 0 Å². The molecule has 2 aromatic rings. The van der Waals surface area contributed by atoms with Crippen molar-refractivity contribution in [2.24, 2.45) is 5.92 Å². The number of aromatic nitrogens is 1. The van der Waals surface area contributed by atoms with Crippen molar-refractivity contribution in [3.8, 4) is 0 Å². The van der Waals surface area contributed by atoms with Gasteiger partial charge in [-0.3, -0.25) is 9.69 Å². The third-order valence-electron chi connectivity index (χ3n) is 5.47. The number of thiazole rings is 1. The second-order valence-electron chi connectivity index (χ2n) is 7.34. The monoisotopic (exact) mass is 358 g/mol. The number of hydrogen-bond donors (Lipinski definition) is 0. The highest BCUT2D eigenvalue weighted by atomic mass is 32.1. The number of ether oxygens (including phenoxy) is 1. The Hall–Kier alpha value is -1.46. The van der Waals surface area contributed by atoms with Gasteiger partial charge in [-0.2, -0.15) is 0 Å². The van der Waals surface area contributed by atoms with E-state index in [4.69, 9.17) is 9.72 Å². The van der Waals surface area contributed by atoms with Crippen molar-refractivity contribution in [1.82, 2.24) is 4.98 Å². The largest absolute Gasteiger partial charge is 0.376 e. The van der Waals surface area contributed by atoms with Crippen LogP contribution in [0.15, 0.2) is 18.2 Å². The number of benzene rings is 1. The molecule has 5 heteroatoms. The molecule has 0 radical (unpaired) electrons. The maximum atomic E-state index is 13.3. The Morgan fingerprint density at radius 1 is 1.24 bits per heavy atom. The first-order valence-corrected chi connectivity index (χ1v) is 10.3. The summed E-state index contributed by atoms with van der Waals surface area (Å²) in [5.41, 5.74) is 2.19. The van der Waals surface area contributed by atoms with Crippen molar-refractivity contribution in [3.05, 3.63) is 23.8 Å². The summed E-state index contributed by atoms with van der Waals surface area (Å²) < 4.78 is 6.98. The van der Waals surface area contributed by atoms with Crippen LogP contribution in [0.3, 0.4) is 0 Å². The van der Waals surface area contributed by atoms with E-state index in [1.54, 1.807) is 11.3 Å². The summed E-state index contributed by atoms with van der Waals surface area (Å²) in [6.45, 7) is 3.54. The maximum Gasteiger partial charge on any atom is 0.231 e. The number of fused-ring (bicyclic) bond motifs is 1. The van der Waals surface area contributed by atoms with Gasteiger partial charge in [0.05, 0.1) is 22.9 Å². The lowest BCUT2D eigenvalue weighted by Crippen LogP contribution is -2.41. The quantitative estimate of drug-likeness (QED) is 0.796. The number of anilines is 1. The van der Waals surface area contributed by atoms with Gasteiger partial charge in [-0.05, 0) is 44.2 Å². The van der Waals surface area contributed by atoms with E-state index in [0.717, 1.165) is 47.6 Å². The zero-order valence-corrected chi connectivity index (χ0v) is 15.7. The van der Waals surface area contributed by atoms with E-state index in [0.29, 0.717) is 6.54 Å². The van der Waals surface area contributed by atoms with E-state index in [2.05, 4.69) is 25.1 Å². The minimum absolute atomic E-state index is 0.153. The molecule has 1 aliphatic carbocycles. The summed E-state index contributed by atoms with van der Waals surface area (Å²) >= 11 is 1.63. The molecule has 2 heterocycles. The smallest absolute Gasteiger partial charge is 0.231 e. The topological polar surface area (TPSA) is 42.4 Å². The van der Waals surface area contributed by atoms with E-state index >= 15 is 0 Å². The van der Waals surface area contributed by atoms with E-state index in [-0.39, 0.29) is 17.9 Å². The number of hydrogen-bond acceptors (Lipinski definition) is 4. The van der Waals surface area contributed by atoms with Gasteiger partial charge in [0.2, 0.25) is 5.91 Å². The van der Waals surface area contributed by atoms with Gasteiger partial charge >= 0.3 is 0 Å². The first-order valence-electron chi connectivity index (χ1n) is 9.51. The number of aryl methyl sites for hydroxylation is 1. The molecule has 1 aromatic carbocycles. The minimum Gasteiger partial charge on any atom is -0.376 e. The molecule has 1 amide bonds. The Bertz CT molecular complexity index is 745. The summed E-state index contributed by atoms with van der Waals surface area (Å²) in [7, 11) is 0. The molecular weight excluding hydrogens is 332 g/mol. The number of amides is 1. The molecule has 2 aliphatic rings. The fourth-order valence-electron chi connectivity index (χ4n) is 4.01. The summed E-state index contributed by atoms with van der Waals surface area (Å²) in [5, 5.41) is 0.843. The third kappa shape index (κ3) is 3.58. The van der Waals surface area contributed by atoms with Crippen LogP contribution in [-0.2, 0) is 9.53 Å². The van der Waals surface area contributed by atoms with E-state index in [1.807, 2.05) is 4.90 Å². The molecule has 1 unspecified atom stereocenters. The van der Waals surface area contributed by atoms with Crippen molar-refractivity contribution in [2.75, 3.05) is 18.1 Å². The maximum absolute atomic E-state index is 13.3. The standard InChI is InChI=1S/C20H26N2O2S/c1-14-7-5-11-17-18(14)21-20(25-17)22(13-16-10-6-12-24-16)19(23)15-8-3-2-4-9-15/h5,7,11,15-16H,2-4,6,8-10,12-13H2,1H3. The predicted molar refractivity (Wildman–Crippen MR) is 102 cm³/mol. The van der Waals surface area contributed by atoms with Crippen molar-refractivity contribution in [3.63, 3.8) is 0 Å². The average Bonchev–Trinajstić information content (AvgIpc) is 3.30. The second kappa shape index (κ2) is 7.42. The Morgan fingerprint density at radius 3 is 2.80 bits per heavy atom. The lowest BCUT2D eigenvalue weighted by molar-refractivity contribution is -0.123. The first kappa shape index (κ1) is 17.0. The van der Waals surface area contributed by atoms with Crippen LogP contribution in [0.2, 0.25) is 0 Å². The highest BCUT2D eigenvalue weighted by Gasteiger charge is 2.31. The van der Waals surface area contributed by atoms with E-state index in [1.165, 1.54) is 24.8 Å². The predicted octanol–water partition coefficient (Wildman–Crippen LogP) is 4.70. The fourth-order valence-corrected chi connectivity index (χ4v) is 5.07. The molecule has 2 fully saturated rings. The average molecular weight is 359 g/mol. The molecule has 0 spiro atoms. The molecule has 1 aromatic heterocycles. The summed E-state index contributed by atoms with van der Waals surface area (Å²) in [6.07, 6.45) is 7.92. The van der Waals surface area contributed by atoms with Crippen LogP contribution in [0.5, 0.6) is 0 Å². The van der Waals surface area contributed by atoms with Gasteiger partial charge in [0, 0.05) is 12.5 Å². The number of nitrogens with zero attached hydrogens (tertiary/aromatic N) is 2. The van der Waals surface area contributed by atoms with Crippen molar-refractivity contribution >= 4 is 32.6 Å². The van der Waals surface area contributed by atoms with Crippen LogP contribution in [0.25, 0.3) is 10.2 Å². The molecule has 0 N–H and O–H groups in total. The SMILES string of the molecule is Cc1cccc2sc(N(CC3CCCO3)C(=O)C3CCCCC3)nc12. The number of para-hydroxylation sites is 1. The van der Waals surface area contributed by atoms with Gasteiger partial charge in [-0.1, -0.05) is 42.7 Å². The second-order valence-corrected chi connectivity index (χ2v) is 8.35. The zero-order chi connectivity index (χ0) is 17.2. The Labute approximate surface area is 153 Å². The van der Waals surface area contributed by atoms with Gasteiger partial charge in [0.1, 0.15) is 0 Å². The van der Waals surface area contributed by atoms with Crippen molar-refractivity contribution in [2.45, 2.75) is 58.0 Å². The summed E-state index contributed by atoms with van der Waals surface area (Å²) in [4.78, 5) is 20.1. The summed E-state index contributed by atoms with van der Waals surface area (Å²) in [5.74, 6) is 0.412. The van der Waals surface area contributed by atoms with Crippen molar-refractivity contribution in [1.29, 1.82) is 0 Å². The molecule has 134 valence electrons. The molecule has 25 heavy (non-hydrogen) atoms. The normalized spacial score (nSPS) is 21.7. The van der Waals surface area contributed by atoms with Crippen LogP contribution in [0.1, 0.15) is 50.5 Å². The van der Waals surface area contributed by atoms with E-state index < -0.39 is 0 Å². The van der Waals surface area contributed by atoms with Crippen LogP contribution in [0.4, 0.5) is 5.13 Å². The molecule has 4 nitrogen and oxygen atoms in total. The molecule has 1 saturated carbocycles. The molecular formula is C20H26N2O2S. The van der Waals surface area contributed by atoms with Crippen molar-refractivity contribution < 1.29 is 9.53 Å². The Morgan fingerprint density at radius 2 is 2.08 bits per heavy atom. The minimum atomic E-state index is 0.153. The first-order chi connectivity index (χ1) is 12.2. The molecule has 1 atom stereocenters. The van der Waals surface area contributed by atoms with Gasteiger partial charge in [-0.25, -0.2) is 4.98 Å². The molecule has 1 saturated heterocycles. The number of rotatable bonds is 4. The number of carbonyl (C=O) groups is 1. The molecule has 1 aliphatic heterocycles. The van der Waals surface area contributed by atoms with Crippen LogP contribution >= 0.6 is 11.3 Å². The Balaban J connectivity index is 1.65. The fraction of sp³-hybridized carbons (Fsp3) is 0.600. The Kier molecular flexibility index (Phi) is 5.04. The molecule has 0 bridgehead atoms.